The molecular weight excluding hydrogens is 258 g/mol. The van der Waals surface area contributed by atoms with Crippen LogP contribution in [0.15, 0.2) is 6.07 Å². The maximum Gasteiger partial charge on any atom is 0.325 e. The third kappa shape index (κ3) is 3.18. The number of aryl methyl sites for hydroxylation is 2. The van der Waals surface area contributed by atoms with Gasteiger partial charge in [0, 0.05) is 13.1 Å². The number of esters is 1. The lowest BCUT2D eigenvalue weighted by atomic mass is 10.2. The molecule has 0 atom stereocenters. The van der Waals surface area contributed by atoms with Crippen LogP contribution < -0.4 is 0 Å². The van der Waals surface area contributed by atoms with Gasteiger partial charge in [0.15, 0.2) is 0 Å². The smallest absolute Gasteiger partial charge is 0.325 e. The van der Waals surface area contributed by atoms with Gasteiger partial charge in [-0.1, -0.05) is 6.92 Å². The Morgan fingerprint density at radius 3 is 2.65 bits per heavy atom. The summed E-state index contributed by atoms with van der Waals surface area (Å²) in [5, 5.41) is 4.28. The molecule has 1 aliphatic rings. The van der Waals surface area contributed by atoms with Crippen molar-refractivity contribution < 1.29 is 14.3 Å². The summed E-state index contributed by atoms with van der Waals surface area (Å²) in [5.41, 5.74) is 1.40. The van der Waals surface area contributed by atoms with Crippen LogP contribution >= 0.6 is 0 Å². The van der Waals surface area contributed by atoms with Crippen LogP contribution in [-0.2, 0) is 23.0 Å². The number of ether oxygens (including phenoxy) is 1. The Kier molecular flexibility index (Phi) is 4.42. The van der Waals surface area contributed by atoms with Crippen molar-refractivity contribution in [2.24, 2.45) is 7.05 Å². The molecule has 1 aromatic rings. The number of nitrogens with zero attached hydrogens (tertiary/aromatic N) is 3. The SMILES string of the molecule is CCOC(=O)CN(C(=O)c1cc(CC)nn1C)C1CC1. The molecule has 0 bridgehead atoms. The van der Waals surface area contributed by atoms with Gasteiger partial charge < -0.3 is 9.64 Å². The lowest BCUT2D eigenvalue weighted by molar-refractivity contribution is -0.144. The van der Waals surface area contributed by atoms with Crippen LogP contribution in [0.5, 0.6) is 0 Å². The first-order valence-corrected chi connectivity index (χ1v) is 7.06. The molecule has 0 unspecified atom stereocenters. The fraction of sp³-hybridized carbons (Fsp3) is 0.643. The van der Waals surface area contributed by atoms with Gasteiger partial charge >= 0.3 is 5.97 Å². The predicted molar refractivity (Wildman–Crippen MR) is 73.3 cm³/mol. The molecule has 20 heavy (non-hydrogen) atoms. The Morgan fingerprint density at radius 2 is 2.15 bits per heavy atom. The first-order chi connectivity index (χ1) is 9.56. The summed E-state index contributed by atoms with van der Waals surface area (Å²) >= 11 is 0. The van der Waals surface area contributed by atoms with Gasteiger partial charge in [0.25, 0.3) is 5.91 Å². The Balaban J connectivity index is 2.14. The summed E-state index contributed by atoms with van der Waals surface area (Å²) in [7, 11) is 1.75. The monoisotopic (exact) mass is 279 g/mol. The van der Waals surface area contributed by atoms with Crippen molar-refractivity contribution in [3.8, 4) is 0 Å². The molecule has 0 aliphatic heterocycles. The maximum absolute atomic E-state index is 12.6. The molecule has 2 rings (SSSR count). The minimum absolute atomic E-state index is 0.0178. The third-order valence-corrected chi connectivity index (χ3v) is 3.37. The summed E-state index contributed by atoms with van der Waals surface area (Å²) in [6, 6.07) is 1.95. The van der Waals surface area contributed by atoms with E-state index in [4.69, 9.17) is 4.74 Å². The van der Waals surface area contributed by atoms with Crippen LogP contribution in [-0.4, -0.2) is 45.8 Å². The highest BCUT2D eigenvalue weighted by molar-refractivity contribution is 5.95. The molecule has 0 aromatic carbocycles. The van der Waals surface area contributed by atoms with Crippen LogP contribution in [0.4, 0.5) is 0 Å². The average Bonchev–Trinajstić information content (AvgIpc) is 3.18. The molecule has 0 radical (unpaired) electrons. The highest BCUT2D eigenvalue weighted by Crippen LogP contribution is 2.28. The van der Waals surface area contributed by atoms with E-state index in [0.717, 1.165) is 25.0 Å². The van der Waals surface area contributed by atoms with Gasteiger partial charge in [-0.25, -0.2) is 0 Å². The zero-order valence-electron chi connectivity index (χ0n) is 12.3. The van der Waals surface area contributed by atoms with E-state index in [-0.39, 0.29) is 24.5 Å². The van der Waals surface area contributed by atoms with E-state index in [0.29, 0.717) is 12.3 Å². The molecule has 1 aromatic heterocycles. The lowest BCUT2D eigenvalue weighted by Crippen LogP contribution is -2.39. The Bertz CT molecular complexity index is 506. The Labute approximate surface area is 118 Å². The molecule has 0 N–H and O–H groups in total. The highest BCUT2D eigenvalue weighted by Gasteiger charge is 2.35. The second kappa shape index (κ2) is 6.07. The number of carbonyl (C=O) groups is 2. The third-order valence-electron chi connectivity index (χ3n) is 3.37. The number of rotatable bonds is 6. The molecule has 1 fully saturated rings. The highest BCUT2D eigenvalue weighted by atomic mass is 16.5. The summed E-state index contributed by atoms with van der Waals surface area (Å²) in [5.74, 6) is -0.499. The average molecular weight is 279 g/mol. The lowest BCUT2D eigenvalue weighted by Gasteiger charge is -2.21. The largest absolute Gasteiger partial charge is 0.465 e. The topological polar surface area (TPSA) is 64.4 Å². The molecular formula is C14H21N3O3. The van der Waals surface area contributed by atoms with Crippen molar-refractivity contribution in [3.63, 3.8) is 0 Å². The van der Waals surface area contributed by atoms with Crippen LogP contribution in [0.3, 0.4) is 0 Å². The van der Waals surface area contributed by atoms with Gasteiger partial charge in [-0.3, -0.25) is 14.3 Å². The normalized spacial score (nSPS) is 14.2. The first-order valence-electron chi connectivity index (χ1n) is 7.06. The predicted octanol–water partition coefficient (Wildman–Crippen LogP) is 1.15. The Morgan fingerprint density at radius 1 is 1.45 bits per heavy atom. The van der Waals surface area contributed by atoms with Crippen molar-refractivity contribution in [1.82, 2.24) is 14.7 Å². The number of amides is 1. The van der Waals surface area contributed by atoms with E-state index in [2.05, 4.69) is 5.10 Å². The zero-order valence-corrected chi connectivity index (χ0v) is 12.3. The van der Waals surface area contributed by atoms with Gasteiger partial charge in [-0.15, -0.1) is 0 Å². The van der Waals surface area contributed by atoms with Crippen molar-refractivity contribution in [1.29, 1.82) is 0 Å². The van der Waals surface area contributed by atoms with Crippen LogP contribution in [0.2, 0.25) is 0 Å². The zero-order chi connectivity index (χ0) is 14.7. The van der Waals surface area contributed by atoms with Crippen LogP contribution in [0.25, 0.3) is 0 Å². The molecule has 1 aliphatic carbocycles. The number of hydrogen-bond donors (Lipinski definition) is 0. The van der Waals surface area contributed by atoms with E-state index in [9.17, 15) is 9.59 Å². The molecule has 6 heteroatoms. The molecule has 0 saturated heterocycles. The van der Waals surface area contributed by atoms with E-state index in [1.165, 1.54) is 0 Å². The van der Waals surface area contributed by atoms with E-state index < -0.39 is 0 Å². The molecule has 1 heterocycles. The summed E-state index contributed by atoms with van der Waals surface area (Å²) < 4.78 is 6.52. The summed E-state index contributed by atoms with van der Waals surface area (Å²) in [6.07, 6.45) is 2.68. The molecule has 1 amide bonds. The molecule has 6 nitrogen and oxygen atoms in total. The summed E-state index contributed by atoms with van der Waals surface area (Å²) in [6.45, 7) is 4.10. The van der Waals surface area contributed by atoms with Gasteiger partial charge in [0.05, 0.1) is 12.3 Å². The quantitative estimate of drug-likeness (QED) is 0.733. The number of carbonyl (C=O) groups excluding carboxylic acids is 2. The van der Waals surface area contributed by atoms with Crippen LogP contribution in [0.1, 0.15) is 42.9 Å². The van der Waals surface area contributed by atoms with E-state index >= 15 is 0 Å². The number of hydrogen-bond acceptors (Lipinski definition) is 4. The minimum atomic E-state index is -0.356. The van der Waals surface area contributed by atoms with E-state index in [1.807, 2.05) is 6.92 Å². The maximum atomic E-state index is 12.6. The summed E-state index contributed by atoms with van der Waals surface area (Å²) in [4.78, 5) is 25.8. The van der Waals surface area contributed by atoms with E-state index in [1.54, 1.807) is 29.6 Å². The second-order valence-electron chi connectivity index (χ2n) is 4.97. The standard InChI is InChI=1S/C14H21N3O3/c1-4-10-8-12(16(3)15-10)14(19)17(11-6-7-11)9-13(18)20-5-2/h8,11H,4-7,9H2,1-3H3. The van der Waals surface area contributed by atoms with Gasteiger partial charge in [0.2, 0.25) is 0 Å². The number of aromatic nitrogens is 2. The van der Waals surface area contributed by atoms with Crippen molar-refractivity contribution in [2.45, 2.75) is 39.2 Å². The molecule has 110 valence electrons. The van der Waals surface area contributed by atoms with Crippen LogP contribution in [0, 0.1) is 0 Å². The molecule has 0 spiro atoms. The fourth-order valence-corrected chi connectivity index (χ4v) is 2.15. The fourth-order valence-electron chi connectivity index (χ4n) is 2.15. The van der Waals surface area contributed by atoms with Crippen molar-refractivity contribution >= 4 is 11.9 Å². The van der Waals surface area contributed by atoms with Crippen molar-refractivity contribution in [2.75, 3.05) is 13.2 Å². The second-order valence-corrected chi connectivity index (χ2v) is 4.97. The first kappa shape index (κ1) is 14.6. The van der Waals surface area contributed by atoms with Gasteiger partial charge in [0.1, 0.15) is 12.2 Å². The van der Waals surface area contributed by atoms with Gasteiger partial charge in [-0.05, 0) is 32.3 Å². The minimum Gasteiger partial charge on any atom is -0.465 e. The molecule has 1 saturated carbocycles. The van der Waals surface area contributed by atoms with Crippen molar-refractivity contribution in [3.05, 3.63) is 17.5 Å². The van der Waals surface area contributed by atoms with Gasteiger partial charge in [-0.2, -0.15) is 5.10 Å². The Hall–Kier alpha value is -1.85.